The molecule has 11 heteroatoms. The van der Waals surface area contributed by atoms with Gasteiger partial charge >= 0.3 is 0 Å². The molecule has 0 aliphatic heterocycles. The molecule has 1 fully saturated rings. The first kappa shape index (κ1) is 22.2. The van der Waals surface area contributed by atoms with E-state index in [4.69, 9.17) is 9.57 Å². The van der Waals surface area contributed by atoms with Crippen molar-refractivity contribution in [2.45, 2.75) is 25.8 Å². The number of hydroxylamine groups is 1. The fourth-order valence-corrected chi connectivity index (χ4v) is 3.18. The van der Waals surface area contributed by atoms with E-state index in [1.807, 2.05) is 12.1 Å². The van der Waals surface area contributed by atoms with Crippen molar-refractivity contribution in [1.29, 1.82) is 0 Å². The van der Waals surface area contributed by atoms with Crippen molar-refractivity contribution in [2.75, 3.05) is 19.0 Å². The van der Waals surface area contributed by atoms with Crippen LogP contribution in [-0.2, 0) is 11.9 Å². The van der Waals surface area contributed by atoms with Crippen LogP contribution in [0.15, 0.2) is 36.8 Å². The summed E-state index contributed by atoms with van der Waals surface area (Å²) in [6, 6.07) is 7.16. The van der Waals surface area contributed by atoms with Crippen LogP contribution in [0.1, 0.15) is 40.6 Å². The van der Waals surface area contributed by atoms with E-state index in [1.165, 1.54) is 19.4 Å². The summed E-state index contributed by atoms with van der Waals surface area (Å²) < 4.78 is 7.24. The molecule has 3 N–H and O–H groups in total. The highest BCUT2D eigenvalue weighted by Gasteiger charge is 2.25. The number of benzene rings is 1. The molecule has 33 heavy (non-hydrogen) atoms. The average molecular weight is 451 g/mol. The largest absolute Gasteiger partial charge is 0.494 e. The van der Waals surface area contributed by atoms with Crippen LogP contribution in [0.3, 0.4) is 0 Å². The zero-order valence-corrected chi connectivity index (χ0v) is 18.6. The van der Waals surface area contributed by atoms with Crippen molar-refractivity contribution in [3.63, 3.8) is 0 Å². The Hall–Kier alpha value is -3.99. The van der Waals surface area contributed by atoms with Crippen molar-refractivity contribution in [3.05, 3.63) is 48.0 Å². The predicted octanol–water partition coefficient (Wildman–Crippen LogP) is 2.20. The molecule has 0 unspecified atom stereocenters. The number of anilines is 2. The van der Waals surface area contributed by atoms with Crippen molar-refractivity contribution in [1.82, 2.24) is 30.5 Å². The van der Waals surface area contributed by atoms with E-state index in [9.17, 15) is 9.59 Å². The summed E-state index contributed by atoms with van der Waals surface area (Å²) in [7, 11) is 3.32. The topological polar surface area (TPSA) is 132 Å². The second-order valence-corrected chi connectivity index (χ2v) is 7.48. The molecular formula is C22H25N7O4. The van der Waals surface area contributed by atoms with Crippen molar-refractivity contribution >= 4 is 23.2 Å². The summed E-state index contributed by atoms with van der Waals surface area (Å²) >= 11 is 0. The number of nitrogens with zero attached hydrogens (tertiary/aromatic N) is 4. The molecule has 0 saturated heterocycles. The van der Waals surface area contributed by atoms with E-state index >= 15 is 0 Å². The molecule has 2 aromatic heterocycles. The zero-order valence-electron chi connectivity index (χ0n) is 18.6. The Bertz CT molecular complexity index is 1170. The van der Waals surface area contributed by atoms with Crippen LogP contribution in [0.5, 0.6) is 5.75 Å². The fourth-order valence-electron chi connectivity index (χ4n) is 3.18. The lowest BCUT2D eigenvalue weighted by Gasteiger charge is -2.17. The van der Waals surface area contributed by atoms with Crippen LogP contribution in [0.25, 0.3) is 11.4 Å². The first-order valence-corrected chi connectivity index (χ1v) is 10.5. The number of nitrogens with one attached hydrogen (secondary N) is 3. The number of hydrogen-bond acceptors (Lipinski definition) is 8. The summed E-state index contributed by atoms with van der Waals surface area (Å²) in [5.74, 6) is 0.186. The molecule has 2 amide bonds. The van der Waals surface area contributed by atoms with Gasteiger partial charge in [0, 0.05) is 19.3 Å². The van der Waals surface area contributed by atoms with Gasteiger partial charge in [-0.25, -0.2) is 10.5 Å². The number of amides is 2. The van der Waals surface area contributed by atoms with Crippen LogP contribution in [0.4, 0.5) is 11.4 Å². The lowest BCUT2D eigenvalue weighted by Crippen LogP contribution is -2.28. The summed E-state index contributed by atoms with van der Waals surface area (Å²) in [6.45, 7) is 2.06. The number of pyridine rings is 1. The lowest BCUT2D eigenvalue weighted by atomic mass is 10.1. The molecule has 172 valence electrons. The molecule has 3 aromatic rings. The monoisotopic (exact) mass is 451 g/mol. The Morgan fingerprint density at radius 3 is 2.67 bits per heavy atom. The van der Waals surface area contributed by atoms with E-state index in [2.05, 4.69) is 31.2 Å². The third-order valence-corrected chi connectivity index (χ3v) is 4.93. The second kappa shape index (κ2) is 9.65. The Labute approximate surface area is 190 Å². The van der Waals surface area contributed by atoms with Gasteiger partial charge in [-0.2, -0.15) is 5.10 Å². The highest BCUT2D eigenvalue weighted by molar-refractivity contribution is 6.02. The van der Waals surface area contributed by atoms with Gasteiger partial charge in [-0.1, -0.05) is 6.07 Å². The smallest absolute Gasteiger partial charge is 0.278 e. The van der Waals surface area contributed by atoms with Gasteiger partial charge in [-0.05, 0) is 38.0 Å². The van der Waals surface area contributed by atoms with E-state index in [0.29, 0.717) is 35.1 Å². The van der Waals surface area contributed by atoms with Crippen LogP contribution < -0.4 is 20.9 Å². The number of methoxy groups -OCH3 is 1. The molecular weight excluding hydrogens is 426 g/mol. The summed E-state index contributed by atoms with van der Waals surface area (Å²) in [4.78, 5) is 38.7. The number of aromatic nitrogens is 4. The zero-order chi connectivity index (χ0) is 23.4. The standard InChI is InChI=1S/C22H25N7O4/c1-4-33-28-21(30)15-11-23-18(22(31)25-13-8-9-13)10-17(15)26-16-7-5-6-14(19(16)32-3)20-24-12-29(2)27-20/h5-7,10-13H,4,8-9H2,1-3H3,(H,23,26)(H,25,31)(H,28,30). The maximum Gasteiger partial charge on any atom is 0.278 e. The second-order valence-electron chi connectivity index (χ2n) is 7.48. The van der Waals surface area contributed by atoms with Crippen LogP contribution in [-0.4, -0.2) is 51.3 Å². The number of para-hydroxylation sites is 1. The minimum absolute atomic E-state index is 0.180. The van der Waals surface area contributed by atoms with E-state index in [1.54, 1.807) is 31.0 Å². The number of ether oxygens (including phenoxy) is 1. The van der Waals surface area contributed by atoms with Gasteiger partial charge in [0.25, 0.3) is 11.8 Å². The Kier molecular flexibility index (Phi) is 6.50. The van der Waals surface area contributed by atoms with Gasteiger partial charge < -0.3 is 15.4 Å². The third-order valence-electron chi connectivity index (χ3n) is 4.93. The predicted molar refractivity (Wildman–Crippen MR) is 120 cm³/mol. The van der Waals surface area contributed by atoms with Gasteiger partial charge in [-0.15, -0.1) is 0 Å². The molecule has 0 spiro atoms. The van der Waals surface area contributed by atoms with Crippen molar-refractivity contribution in [3.8, 4) is 17.1 Å². The highest BCUT2D eigenvalue weighted by Crippen LogP contribution is 2.37. The molecule has 1 aliphatic carbocycles. The maximum atomic E-state index is 12.7. The van der Waals surface area contributed by atoms with E-state index in [-0.39, 0.29) is 23.2 Å². The maximum absolute atomic E-state index is 12.7. The third kappa shape index (κ3) is 5.09. The lowest BCUT2D eigenvalue weighted by molar-refractivity contribution is 0.0365. The quantitative estimate of drug-likeness (QED) is 0.422. The summed E-state index contributed by atoms with van der Waals surface area (Å²) in [5, 5.41) is 10.5. The highest BCUT2D eigenvalue weighted by atomic mass is 16.6. The number of aryl methyl sites for hydroxylation is 1. The van der Waals surface area contributed by atoms with Gasteiger partial charge in [0.1, 0.15) is 12.0 Å². The number of carbonyl (C=O) groups is 2. The first-order valence-electron chi connectivity index (χ1n) is 10.5. The molecule has 1 aliphatic rings. The Balaban J connectivity index is 1.71. The Morgan fingerprint density at radius 2 is 2.00 bits per heavy atom. The first-order chi connectivity index (χ1) is 16.0. The van der Waals surface area contributed by atoms with E-state index in [0.717, 1.165) is 12.8 Å². The van der Waals surface area contributed by atoms with Gasteiger partial charge in [0.15, 0.2) is 11.6 Å². The van der Waals surface area contributed by atoms with Crippen molar-refractivity contribution < 1.29 is 19.2 Å². The van der Waals surface area contributed by atoms with Crippen LogP contribution in [0, 0.1) is 0 Å². The van der Waals surface area contributed by atoms with Gasteiger partial charge in [0.2, 0.25) is 0 Å². The fraction of sp³-hybridized carbons (Fsp3) is 0.318. The molecule has 1 aromatic carbocycles. The average Bonchev–Trinajstić information content (AvgIpc) is 3.53. The molecule has 0 radical (unpaired) electrons. The Morgan fingerprint density at radius 1 is 1.18 bits per heavy atom. The van der Waals surface area contributed by atoms with Gasteiger partial charge in [-0.3, -0.25) is 24.1 Å². The summed E-state index contributed by atoms with van der Waals surface area (Å²) in [5.41, 5.74) is 4.36. The number of carbonyl (C=O) groups excluding carboxylic acids is 2. The normalized spacial score (nSPS) is 12.8. The molecule has 4 rings (SSSR count). The number of hydrogen-bond donors (Lipinski definition) is 3. The minimum atomic E-state index is -0.498. The number of rotatable bonds is 9. The SMILES string of the molecule is CCONC(=O)c1cnc(C(=O)NC2CC2)cc1Nc1cccc(-c2ncn(C)n2)c1OC. The van der Waals surface area contributed by atoms with E-state index < -0.39 is 5.91 Å². The van der Waals surface area contributed by atoms with Crippen LogP contribution >= 0.6 is 0 Å². The summed E-state index contributed by atoms with van der Waals surface area (Å²) in [6.07, 6.45) is 4.85. The molecule has 2 heterocycles. The van der Waals surface area contributed by atoms with Crippen LogP contribution in [0.2, 0.25) is 0 Å². The molecule has 0 bridgehead atoms. The molecule has 1 saturated carbocycles. The molecule has 11 nitrogen and oxygen atoms in total. The van der Waals surface area contributed by atoms with Gasteiger partial charge in [0.05, 0.1) is 36.2 Å². The molecule has 0 atom stereocenters. The minimum Gasteiger partial charge on any atom is -0.494 e. The van der Waals surface area contributed by atoms with Crippen molar-refractivity contribution in [2.24, 2.45) is 7.05 Å².